The molecule has 1 aromatic carbocycles. The van der Waals surface area contributed by atoms with E-state index >= 15 is 0 Å². The van der Waals surface area contributed by atoms with E-state index in [1.54, 1.807) is 34.5 Å². The van der Waals surface area contributed by atoms with Gasteiger partial charge in [-0.3, -0.25) is 4.79 Å². The molecule has 2 aromatic heterocycles. The zero-order valence-corrected chi connectivity index (χ0v) is 17.9. The lowest BCUT2D eigenvalue weighted by Crippen LogP contribution is -2.37. The predicted molar refractivity (Wildman–Crippen MR) is 112 cm³/mol. The lowest BCUT2D eigenvalue weighted by atomic mass is 10.1. The van der Waals surface area contributed by atoms with Crippen LogP contribution in [-0.4, -0.2) is 26.9 Å². The Bertz CT molecular complexity index is 942. The van der Waals surface area contributed by atoms with Crippen LogP contribution in [0.15, 0.2) is 46.4 Å². The fraction of sp³-hybridized carbons (Fsp3) is 0.333. The molecule has 0 aliphatic heterocycles. The minimum atomic E-state index is -0.178. The maximum absolute atomic E-state index is 12.9. The molecule has 0 radical (unpaired) electrons. The third-order valence-corrected chi connectivity index (χ3v) is 5.70. The Morgan fingerprint density at radius 3 is 2.90 bits per heavy atom. The van der Waals surface area contributed by atoms with E-state index in [-0.39, 0.29) is 25.2 Å². The van der Waals surface area contributed by atoms with Gasteiger partial charge >= 0.3 is 0 Å². The Morgan fingerprint density at radius 1 is 1.41 bits per heavy atom. The Hall–Kier alpha value is -2.35. The number of furan rings is 1. The monoisotopic (exact) mass is 434 g/mol. The van der Waals surface area contributed by atoms with Crippen molar-refractivity contribution in [3.63, 3.8) is 0 Å². The summed E-state index contributed by atoms with van der Waals surface area (Å²) in [5.41, 5.74) is 1.42. The van der Waals surface area contributed by atoms with Gasteiger partial charge in [-0.1, -0.05) is 18.5 Å². The molecule has 29 heavy (non-hydrogen) atoms. The Labute approximate surface area is 178 Å². The molecule has 6 nitrogen and oxygen atoms in total. The molecule has 1 atom stereocenters. The summed E-state index contributed by atoms with van der Waals surface area (Å²) < 4.78 is 11.3. The summed E-state index contributed by atoms with van der Waals surface area (Å²) in [6.45, 7) is 4.54. The van der Waals surface area contributed by atoms with Gasteiger partial charge in [-0.05, 0) is 43.7 Å². The van der Waals surface area contributed by atoms with Gasteiger partial charge in [-0.2, -0.15) is 0 Å². The van der Waals surface area contributed by atoms with Crippen LogP contribution in [0, 0.1) is 0 Å². The highest BCUT2D eigenvalue weighted by Crippen LogP contribution is 2.27. The van der Waals surface area contributed by atoms with Crippen LogP contribution in [0.3, 0.4) is 0 Å². The number of aliphatic hydroxyl groups excluding tert-OH is 1. The van der Waals surface area contributed by atoms with E-state index in [2.05, 4.69) is 4.98 Å². The summed E-state index contributed by atoms with van der Waals surface area (Å²) in [4.78, 5) is 19.0. The van der Waals surface area contributed by atoms with Gasteiger partial charge in [0.25, 0.3) is 5.91 Å². The van der Waals surface area contributed by atoms with Gasteiger partial charge in [0.15, 0.2) is 5.76 Å². The SMILES string of the molecule is CCC(C)N(Cc1cc(Cl)ccc1OCc1nc(CO)cs1)C(=O)c1ccco1. The number of carbonyl (C=O) groups excluding carboxylic acids is 1. The van der Waals surface area contributed by atoms with Crippen molar-refractivity contribution in [1.82, 2.24) is 9.88 Å². The molecule has 0 saturated carbocycles. The summed E-state index contributed by atoms with van der Waals surface area (Å²) in [6, 6.07) is 8.72. The van der Waals surface area contributed by atoms with E-state index in [9.17, 15) is 4.79 Å². The van der Waals surface area contributed by atoms with Gasteiger partial charge in [0, 0.05) is 22.0 Å². The van der Waals surface area contributed by atoms with Crippen LogP contribution in [0.4, 0.5) is 0 Å². The third kappa shape index (κ3) is 5.38. The summed E-state index contributed by atoms with van der Waals surface area (Å²) in [7, 11) is 0. The molecule has 0 spiro atoms. The van der Waals surface area contributed by atoms with Crippen molar-refractivity contribution in [1.29, 1.82) is 0 Å². The molecule has 1 N–H and O–H groups in total. The van der Waals surface area contributed by atoms with Gasteiger partial charge in [0.1, 0.15) is 17.4 Å². The van der Waals surface area contributed by atoms with Crippen molar-refractivity contribution >= 4 is 28.8 Å². The molecule has 154 valence electrons. The normalized spacial score (nSPS) is 12.0. The Balaban J connectivity index is 1.81. The number of rotatable bonds is 9. The number of hydrogen-bond acceptors (Lipinski definition) is 6. The van der Waals surface area contributed by atoms with E-state index in [0.29, 0.717) is 28.8 Å². The average Bonchev–Trinajstić information content (AvgIpc) is 3.42. The summed E-state index contributed by atoms with van der Waals surface area (Å²) in [5.74, 6) is 0.757. The highest BCUT2D eigenvalue weighted by molar-refractivity contribution is 7.09. The molecule has 0 saturated heterocycles. The maximum Gasteiger partial charge on any atom is 0.290 e. The van der Waals surface area contributed by atoms with Crippen LogP contribution < -0.4 is 4.74 Å². The lowest BCUT2D eigenvalue weighted by molar-refractivity contribution is 0.0636. The van der Waals surface area contributed by atoms with Gasteiger partial charge < -0.3 is 19.2 Å². The number of thiazole rings is 1. The molecule has 0 fully saturated rings. The second kappa shape index (κ2) is 9.91. The van der Waals surface area contributed by atoms with Gasteiger partial charge in [-0.25, -0.2) is 4.98 Å². The van der Waals surface area contributed by atoms with Crippen LogP contribution in [0.5, 0.6) is 5.75 Å². The van der Waals surface area contributed by atoms with Gasteiger partial charge in [0.05, 0.1) is 25.1 Å². The average molecular weight is 435 g/mol. The van der Waals surface area contributed by atoms with Crippen molar-refractivity contribution in [3.8, 4) is 5.75 Å². The van der Waals surface area contributed by atoms with E-state index in [0.717, 1.165) is 17.0 Å². The van der Waals surface area contributed by atoms with E-state index in [1.165, 1.54) is 17.6 Å². The van der Waals surface area contributed by atoms with E-state index in [4.69, 9.17) is 25.9 Å². The molecule has 3 rings (SSSR count). The molecule has 2 heterocycles. The van der Waals surface area contributed by atoms with Crippen molar-refractivity contribution in [3.05, 3.63) is 69.0 Å². The molecular formula is C21H23ClN2O4S. The lowest BCUT2D eigenvalue weighted by Gasteiger charge is -2.28. The fourth-order valence-corrected chi connectivity index (χ4v) is 3.70. The number of halogens is 1. The van der Waals surface area contributed by atoms with Crippen LogP contribution in [0.25, 0.3) is 0 Å². The topological polar surface area (TPSA) is 75.8 Å². The second-order valence-corrected chi connectivity index (χ2v) is 7.98. The molecule has 1 amide bonds. The number of benzene rings is 1. The zero-order valence-electron chi connectivity index (χ0n) is 16.3. The third-order valence-electron chi connectivity index (χ3n) is 4.59. The number of amides is 1. The van der Waals surface area contributed by atoms with Crippen LogP contribution >= 0.6 is 22.9 Å². The minimum absolute atomic E-state index is 0.00510. The summed E-state index contributed by atoms with van der Waals surface area (Å²) >= 11 is 7.65. The van der Waals surface area contributed by atoms with E-state index in [1.807, 2.05) is 19.9 Å². The van der Waals surface area contributed by atoms with Crippen LogP contribution in [-0.2, 0) is 19.8 Å². The molecule has 1 unspecified atom stereocenters. The highest BCUT2D eigenvalue weighted by atomic mass is 35.5. The smallest absolute Gasteiger partial charge is 0.290 e. The maximum atomic E-state index is 12.9. The molecule has 8 heteroatoms. The van der Waals surface area contributed by atoms with Crippen LogP contribution in [0.2, 0.25) is 5.02 Å². The largest absolute Gasteiger partial charge is 0.486 e. The first-order chi connectivity index (χ1) is 14.0. The summed E-state index contributed by atoms with van der Waals surface area (Å²) in [6.07, 6.45) is 2.29. The first-order valence-electron chi connectivity index (χ1n) is 9.31. The molecule has 0 aliphatic carbocycles. The van der Waals surface area contributed by atoms with Crippen molar-refractivity contribution in [2.75, 3.05) is 0 Å². The fourth-order valence-electron chi connectivity index (χ4n) is 2.81. The van der Waals surface area contributed by atoms with Crippen molar-refractivity contribution in [2.24, 2.45) is 0 Å². The molecule has 0 bridgehead atoms. The zero-order chi connectivity index (χ0) is 20.8. The molecule has 0 aliphatic rings. The summed E-state index contributed by atoms with van der Waals surface area (Å²) in [5, 5.41) is 12.3. The first kappa shape index (κ1) is 21.4. The minimum Gasteiger partial charge on any atom is -0.486 e. The van der Waals surface area contributed by atoms with Crippen LogP contribution in [0.1, 0.15) is 47.1 Å². The quantitative estimate of drug-likeness (QED) is 0.518. The molecule has 3 aromatic rings. The predicted octanol–water partition coefficient (Wildman–Crippen LogP) is 4.90. The highest BCUT2D eigenvalue weighted by Gasteiger charge is 2.24. The van der Waals surface area contributed by atoms with E-state index < -0.39 is 0 Å². The number of hydrogen-bond donors (Lipinski definition) is 1. The van der Waals surface area contributed by atoms with Crippen molar-refractivity contribution in [2.45, 2.75) is 46.1 Å². The van der Waals surface area contributed by atoms with Gasteiger partial charge in [-0.15, -0.1) is 11.3 Å². The number of nitrogens with zero attached hydrogens (tertiary/aromatic N) is 2. The number of aromatic nitrogens is 1. The first-order valence-corrected chi connectivity index (χ1v) is 10.6. The molecular weight excluding hydrogens is 412 g/mol. The standard InChI is InChI=1S/C21H23ClN2O4S/c1-3-14(2)24(21(26)19-5-4-8-27-19)10-15-9-16(22)6-7-18(15)28-12-20-23-17(11-25)13-29-20/h4-9,13-14,25H,3,10-12H2,1-2H3. The van der Waals surface area contributed by atoms with Gasteiger partial charge in [0.2, 0.25) is 0 Å². The Kier molecular flexibility index (Phi) is 7.30. The number of carbonyl (C=O) groups is 1. The number of aliphatic hydroxyl groups is 1. The Morgan fingerprint density at radius 2 is 2.24 bits per heavy atom. The second-order valence-electron chi connectivity index (χ2n) is 6.60. The number of ether oxygens (including phenoxy) is 1. The van der Waals surface area contributed by atoms with Crippen molar-refractivity contribution < 1.29 is 19.1 Å².